The highest BCUT2D eigenvalue weighted by Crippen LogP contribution is 2.32. The standard InChI is InChI=1S/C13H18N4OS3/c1-5-17-7-6-9(15-17)8(2)14-11(18)10-12(19-3)16-21-13(10)20-4/h6-8H,5H2,1-4H3,(H,14,18). The van der Waals surface area contributed by atoms with E-state index < -0.39 is 0 Å². The highest BCUT2D eigenvalue weighted by molar-refractivity contribution is 8.01. The number of carbonyl (C=O) groups is 1. The molecule has 2 aromatic rings. The van der Waals surface area contributed by atoms with E-state index >= 15 is 0 Å². The highest BCUT2D eigenvalue weighted by atomic mass is 32.2. The van der Waals surface area contributed by atoms with Gasteiger partial charge in [-0.05, 0) is 44.0 Å². The third-order valence-corrected chi connectivity index (χ3v) is 5.75. The van der Waals surface area contributed by atoms with Crippen LogP contribution in [0.15, 0.2) is 21.5 Å². The van der Waals surface area contributed by atoms with E-state index in [1.165, 1.54) is 23.3 Å². The number of nitrogens with one attached hydrogen (secondary N) is 1. The number of hydrogen-bond donors (Lipinski definition) is 1. The first kappa shape index (κ1) is 16.4. The van der Waals surface area contributed by atoms with Gasteiger partial charge < -0.3 is 5.32 Å². The number of rotatable bonds is 6. The lowest BCUT2D eigenvalue weighted by Gasteiger charge is -2.12. The Morgan fingerprint density at radius 1 is 1.48 bits per heavy atom. The van der Waals surface area contributed by atoms with Gasteiger partial charge in [0.05, 0.1) is 21.5 Å². The number of hydrogen-bond acceptors (Lipinski definition) is 6. The van der Waals surface area contributed by atoms with Crippen LogP contribution in [-0.4, -0.2) is 32.6 Å². The van der Waals surface area contributed by atoms with Crippen LogP contribution in [0.2, 0.25) is 0 Å². The maximum Gasteiger partial charge on any atom is 0.256 e. The first-order valence-corrected chi connectivity index (χ1v) is 9.74. The van der Waals surface area contributed by atoms with Crippen molar-refractivity contribution in [2.75, 3.05) is 12.5 Å². The van der Waals surface area contributed by atoms with Gasteiger partial charge in [0.1, 0.15) is 5.03 Å². The first-order chi connectivity index (χ1) is 10.1. The molecule has 2 rings (SSSR count). The molecule has 0 bridgehead atoms. The van der Waals surface area contributed by atoms with Gasteiger partial charge in [-0.15, -0.1) is 23.5 Å². The van der Waals surface area contributed by atoms with Crippen LogP contribution in [0.25, 0.3) is 0 Å². The molecular weight excluding hydrogens is 324 g/mol. The summed E-state index contributed by atoms with van der Waals surface area (Å²) in [7, 11) is 0. The summed E-state index contributed by atoms with van der Waals surface area (Å²) in [6.45, 7) is 4.80. The maximum atomic E-state index is 12.5. The maximum absolute atomic E-state index is 12.5. The fourth-order valence-electron chi connectivity index (χ4n) is 1.86. The Labute approximate surface area is 137 Å². The Balaban J connectivity index is 2.15. The van der Waals surface area contributed by atoms with Crippen LogP contribution in [0.4, 0.5) is 0 Å². The van der Waals surface area contributed by atoms with Crippen molar-refractivity contribution in [1.82, 2.24) is 19.5 Å². The van der Waals surface area contributed by atoms with Crippen LogP contribution < -0.4 is 5.32 Å². The van der Waals surface area contributed by atoms with E-state index in [1.54, 1.807) is 11.8 Å². The summed E-state index contributed by atoms with van der Waals surface area (Å²) < 4.78 is 7.13. The van der Waals surface area contributed by atoms with Gasteiger partial charge in [0, 0.05) is 12.7 Å². The van der Waals surface area contributed by atoms with Gasteiger partial charge in [-0.1, -0.05) is 0 Å². The normalized spacial score (nSPS) is 12.4. The van der Waals surface area contributed by atoms with E-state index in [4.69, 9.17) is 0 Å². The molecule has 1 amide bonds. The summed E-state index contributed by atoms with van der Waals surface area (Å²) >= 11 is 4.42. The largest absolute Gasteiger partial charge is 0.344 e. The number of thioether (sulfide) groups is 2. The molecule has 0 saturated carbocycles. The van der Waals surface area contributed by atoms with Crippen LogP contribution >= 0.6 is 35.1 Å². The lowest BCUT2D eigenvalue weighted by molar-refractivity contribution is 0.0933. The van der Waals surface area contributed by atoms with Crippen molar-refractivity contribution in [3.63, 3.8) is 0 Å². The molecule has 0 aliphatic carbocycles. The topological polar surface area (TPSA) is 59.8 Å². The van der Waals surface area contributed by atoms with Crippen molar-refractivity contribution in [3.05, 3.63) is 23.5 Å². The molecule has 114 valence electrons. The van der Waals surface area contributed by atoms with Gasteiger partial charge in [-0.2, -0.15) is 9.47 Å². The summed E-state index contributed by atoms with van der Waals surface area (Å²) in [5, 5.41) is 8.22. The van der Waals surface area contributed by atoms with Crippen LogP contribution in [0.5, 0.6) is 0 Å². The summed E-state index contributed by atoms with van der Waals surface area (Å²) in [6, 6.07) is 1.81. The Hall–Kier alpha value is -0.990. The molecule has 0 spiro atoms. The summed E-state index contributed by atoms with van der Waals surface area (Å²) in [4.78, 5) is 12.5. The molecule has 2 heterocycles. The molecule has 1 N–H and O–H groups in total. The summed E-state index contributed by atoms with van der Waals surface area (Å²) in [6.07, 6.45) is 5.81. The Bertz CT molecular complexity index is 601. The minimum absolute atomic E-state index is 0.0870. The number of nitrogens with zero attached hydrogens (tertiary/aromatic N) is 3. The van der Waals surface area contributed by atoms with E-state index in [1.807, 2.05) is 43.3 Å². The van der Waals surface area contributed by atoms with Crippen molar-refractivity contribution in [2.24, 2.45) is 0 Å². The second kappa shape index (κ2) is 7.33. The average molecular weight is 343 g/mol. The fraction of sp³-hybridized carbons (Fsp3) is 0.462. The number of aromatic nitrogens is 3. The van der Waals surface area contributed by atoms with Gasteiger partial charge in [0.15, 0.2) is 0 Å². The first-order valence-electron chi connectivity index (χ1n) is 6.52. The number of aryl methyl sites for hydroxylation is 1. The molecule has 0 aliphatic heterocycles. The number of carbonyl (C=O) groups excluding carboxylic acids is 1. The van der Waals surface area contributed by atoms with Crippen LogP contribution in [0.3, 0.4) is 0 Å². The smallest absolute Gasteiger partial charge is 0.256 e. The van der Waals surface area contributed by atoms with Crippen molar-refractivity contribution >= 4 is 41.0 Å². The quantitative estimate of drug-likeness (QED) is 0.816. The molecule has 0 aliphatic rings. The average Bonchev–Trinajstić information content (AvgIpc) is 3.12. The van der Waals surface area contributed by atoms with E-state index in [0.717, 1.165) is 21.5 Å². The lowest BCUT2D eigenvalue weighted by atomic mass is 10.2. The minimum Gasteiger partial charge on any atom is -0.344 e. The van der Waals surface area contributed by atoms with Crippen molar-refractivity contribution in [2.45, 2.75) is 35.7 Å². The third-order valence-electron chi connectivity index (χ3n) is 3.01. The predicted octanol–water partition coefficient (Wildman–Crippen LogP) is 3.29. The highest BCUT2D eigenvalue weighted by Gasteiger charge is 2.22. The van der Waals surface area contributed by atoms with Crippen molar-refractivity contribution in [3.8, 4) is 0 Å². The van der Waals surface area contributed by atoms with Crippen LogP contribution in [0.1, 0.15) is 35.9 Å². The SMILES string of the molecule is CCn1ccc(C(C)NC(=O)c2c(SC)nsc2SC)n1. The molecule has 0 radical (unpaired) electrons. The molecule has 5 nitrogen and oxygen atoms in total. The minimum atomic E-state index is -0.130. The number of amides is 1. The lowest BCUT2D eigenvalue weighted by Crippen LogP contribution is -2.27. The van der Waals surface area contributed by atoms with E-state index in [0.29, 0.717) is 5.56 Å². The molecule has 1 atom stereocenters. The Morgan fingerprint density at radius 2 is 2.24 bits per heavy atom. The molecule has 2 aromatic heterocycles. The van der Waals surface area contributed by atoms with Gasteiger partial charge in [-0.3, -0.25) is 9.48 Å². The third kappa shape index (κ3) is 3.61. The second-order valence-corrected chi connectivity index (χ2v) is 6.99. The Morgan fingerprint density at radius 3 is 2.81 bits per heavy atom. The predicted molar refractivity (Wildman–Crippen MR) is 89.5 cm³/mol. The van der Waals surface area contributed by atoms with E-state index in [9.17, 15) is 4.79 Å². The molecular formula is C13H18N4OS3. The van der Waals surface area contributed by atoms with Gasteiger partial charge >= 0.3 is 0 Å². The van der Waals surface area contributed by atoms with E-state index in [2.05, 4.69) is 14.8 Å². The molecule has 21 heavy (non-hydrogen) atoms. The van der Waals surface area contributed by atoms with Crippen molar-refractivity contribution < 1.29 is 4.79 Å². The summed E-state index contributed by atoms with van der Waals surface area (Å²) in [5.74, 6) is -0.0870. The van der Waals surface area contributed by atoms with Gasteiger partial charge in [0.2, 0.25) is 0 Å². The van der Waals surface area contributed by atoms with E-state index in [-0.39, 0.29) is 11.9 Å². The molecule has 0 aromatic carbocycles. The zero-order valence-corrected chi connectivity index (χ0v) is 14.9. The molecule has 8 heteroatoms. The van der Waals surface area contributed by atoms with Crippen LogP contribution in [0, 0.1) is 0 Å². The summed E-state index contributed by atoms with van der Waals surface area (Å²) in [5.41, 5.74) is 1.55. The van der Waals surface area contributed by atoms with Gasteiger partial charge in [-0.25, -0.2) is 0 Å². The molecule has 0 saturated heterocycles. The van der Waals surface area contributed by atoms with Gasteiger partial charge in [0.25, 0.3) is 5.91 Å². The monoisotopic (exact) mass is 342 g/mol. The zero-order valence-electron chi connectivity index (χ0n) is 12.4. The zero-order chi connectivity index (χ0) is 15.4. The van der Waals surface area contributed by atoms with Crippen LogP contribution in [-0.2, 0) is 6.54 Å². The molecule has 0 fully saturated rings. The van der Waals surface area contributed by atoms with Crippen molar-refractivity contribution in [1.29, 1.82) is 0 Å². The molecule has 1 unspecified atom stereocenters. The fourth-order valence-corrected chi connectivity index (χ4v) is 4.14. The second-order valence-electron chi connectivity index (χ2n) is 4.35. The Kier molecular flexibility index (Phi) is 5.72.